The zero-order valence-electron chi connectivity index (χ0n) is 20.8. The van der Waals surface area contributed by atoms with Crippen LogP contribution in [-0.4, -0.2) is 30.0 Å². The predicted molar refractivity (Wildman–Crippen MR) is 130 cm³/mol. The molecule has 3 aromatic rings. The molecule has 14 heteroatoms. The molecule has 6 N–H and O–H groups in total. The SMILES string of the molecule is C[C@H](N)c1oc(-c2ccc(OC(F)F)c(OCCCCC(=O)NN)c2)nc1C(=O)NCc1ccc(F)cc1F. The van der Waals surface area contributed by atoms with Crippen LogP contribution in [0.2, 0.25) is 0 Å². The fraction of sp³-hybridized carbons (Fsp3) is 0.320. The number of benzene rings is 2. The first-order valence-electron chi connectivity index (χ1n) is 11.8. The number of hydrogen-bond acceptors (Lipinski definition) is 8. The van der Waals surface area contributed by atoms with E-state index >= 15 is 0 Å². The molecule has 1 heterocycles. The van der Waals surface area contributed by atoms with Crippen molar-refractivity contribution in [1.29, 1.82) is 0 Å². The number of aromatic nitrogens is 1. The highest BCUT2D eigenvalue weighted by Gasteiger charge is 2.24. The smallest absolute Gasteiger partial charge is 0.387 e. The Morgan fingerprint density at radius 3 is 2.54 bits per heavy atom. The van der Waals surface area contributed by atoms with E-state index in [2.05, 4.69) is 15.0 Å². The van der Waals surface area contributed by atoms with E-state index in [1.54, 1.807) is 6.92 Å². The normalized spacial score (nSPS) is 11.8. The summed E-state index contributed by atoms with van der Waals surface area (Å²) in [4.78, 5) is 28.3. The molecular formula is C25H27F4N5O5. The molecule has 0 aliphatic carbocycles. The fourth-order valence-electron chi connectivity index (χ4n) is 3.44. The second-order valence-electron chi connectivity index (χ2n) is 8.35. The molecule has 0 saturated heterocycles. The molecule has 1 aromatic heterocycles. The highest BCUT2D eigenvalue weighted by atomic mass is 19.3. The van der Waals surface area contributed by atoms with Crippen LogP contribution < -0.4 is 31.8 Å². The third kappa shape index (κ3) is 8.15. The molecule has 0 bridgehead atoms. The molecule has 0 spiro atoms. The first-order valence-corrected chi connectivity index (χ1v) is 11.8. The van der Waals surface area contributed by atoms with Crippen LogP contribution in [0.3, 0.4) is 0 Å². The fourth-order valence-corrected chi connectivity index (χ4v) is 3.44. The summed E-state index contributed by atoms with van der Waals surface area (Å²) < 4.78 is 68.7. The first kappa shape index (κ1) is 29.4. The Morgan fingerprint density at radius 1 is 1.10 bits per heavy atom. The molecule has 0 saturated carbocycles. The molecule has 0 radical (unpaired) electrons. The van der Waals surface area contributed by atoms with Gasteiger partial charge in [0.05, 0.1) is 12.6 Å². The number of nitrogens with zero attached hydrogens (tertiary/aromatic N) is 1. The molecule has 1 atom stereocenters. The van der Waals surface area contributed by atoms with Gasteiger partial charge >= 0.3 is 6.61 Å². The van der Waals surface area contributed by atoms with Crippen LogP contribution in [0.15, 0.2) is 40.8 Å². The monoisotopic (exact) mass is 553 g/mol. The van der Waals surface area contributed by atoms with Gasteiger partial charge in [0.15, 0.2) is 23.0 Å². The topological polar surface area (TPSA) is 155 Å². The Kier molecular flexibility index (Phi) is 10.2. The molecule has 10 nitrogen and oxygen atoms in total. The maximum absolute atomic E-state index is 13.9. The van der Waals surface area contributed by atoms with Gasteiger partial charge in [0, 0.05) is 30.2 Å². The van der Waals surface area contributed by atoms with Gasteiger partial charge in [-0.1, -0.05) is 6.07 Å². The zero-order valence-corrected chi connectivity index (χ0v) is 20.8. The second-order valence-corrected chi connectivity index (χ2v) is 8.35. The van der Waals surface area contributed by atoms with Crippen molar-refractivity contribution in [1.82, 2.24) is 15.7 Å². The summed E-state index contributed by atoms with van der Waals surface area (Å²) in [6.45, 7) is -1.74. The second kappa shape index (κ2) is 13.6. The maximum Gasteiger partial charge on any atom is 0.387 e. The number of hydrazine groups is 1. The number of unbranched alkanes of at least 4 members (excludes halogenated alkanes) is 1. The minimum absolute atomic E-state index is 0.0237. The van der Waals surface area contributed by atoms with Crippen LogP contribution >= 0.6 is 0 Å². The number of oxazole rings is 1. The summed E-state index contributed by atoms with van der Waals surface area (Å²) in [6.07, 6.45) is 1.01. The van der Waals surface area contributed by atoms with Gasteiger partial charge in [-0.3, -0.25) is 15.0 Å². The molecule has 3 rings (SSSR count). The van der Waals surface area contributed by atoms with Gasteiger partial charge in [0.2, 0.25) is 11.8 Å². The Hall–Kier alpha value is -4.17. The number of nitrogens with two attached hydrogens (primary N) is 2. The summed E-state index contributed by atoms with van der Waals surface area (Å²) >= 11 is 0. The molecular weight excluding hydrogens is 526 g/mol. The Balaban J connectivity index is 1.80. The van der Waals surface area contributed by atoms with E-state index in [-0.39, 0.29) is 65.5 Å². The van der Waals surface area contributed by atoms with E-state index in [4.69, 9.17) is 20.7 Å². The summed E-state index contributed by atoms with van der Waals surface area (Å²) in [5, 5.41) is 2.49. The average molecular weight is 554 g/mol. The lowest BCUT2D eigenvalue weighted by Gasteiger charge is -2.13. The van der Waals surface area contributed by atoms with Crippen molar-refractivity contribution in [2.45, 2.75) is 45.4 Å². The number of alkyl halides is 2. The van der Waals surface area contributed by atoms with Crippen LogP contribution in [0.25, 0.3) is 11.5 Å². The van der Waals surface area contributed by atoms with Crippen molar-refractivity contribution in [3.05, 3.63) is 65.1 Å². The number of hydrogen-bond donors (Lipinski definition) is 4. The lowest BCUT2D eigenvalue weighted by Crippen LogP contribution is -2.29. The van der Waals surface area contributed by atoms with E-state index in [0.29, 0.717) is 18.9 Å². The number of amides is 2. The van der Waals surface area contributed by atoms with Crippen LogP contribution in [0.5, 0.6) is 11.5 Å². The number of carbonyl (C=O) groups is 2. The number of halogens is 4. The Morgan fingerprint density at radius 2 is 1.87 bits per heavy atom. The molecule has 0 fully saturated rings. The van der Waals surface area contributed by atoms with E-state index in [9.17, 15) is 27.2 Å². The third-order valence-corrected chi connectivity index (χ3v) is 5.36. The summed E-state index contributed by atoms with van der Waals surface area (Å²) in [7, 11) is 0. The zero-order chi connectivity index (χ0) is 28.5. The summed E-state index contributed by atoms with van der Waals surface area (Å²) in [5.74, 6) is 2.04. The van der Waals surface area contributed by atoms with E-state index < -0.39 is 30.2 Å². The number of nitrogens with one attached hydrogen (secondary N) is 2. The lowest BCUT2D eigenvalue weighted by molar-refractivity contribution is -0.121. The van der Waals surface area contributed by atoms with Gasteiger partial charge in [-0.2, -0.15) is 8.78 Å². The first-order chi connectivity index (χ1) is 18.6. The largest absolute Gasteiger partial charge is 0.490 e. The Bertz CT molecular complexity index is 1300. The molecule has 0 aliphatic heterocycles. The van der Waals surface area contributed by atoms with Crippen LogP contribution in [0.1, 0.15) is 54.0 Å². The lowest BCUT2D eigenvalue weighted by atomic mass is 10.2. The van der Waals surface area contributed by atoms with Crippen molar-refractivity contribution in [3.8, 4) is 23.0 Å². The minimum Gasteiger partial charge on any atom is -0.490 e. The van der Waals surface area contributed by atoms with E-state index in [1.165, 1.54) is 24.3 Å². The van der Waals surface area contributed by atoms with Gasteiger partial charge in [0.25, 0.3) is 5.91 Å². The van der Waals surface area contributed by atoms with Crippen molar-refractivity contribution in [2.75, 3.05) is 6.61 Å². The number of carbonyl (C=O) groups excluding carboxylic acids is 2. The molecule has 39 heavy (non-hydrogen) atoms. The molecule has 2 aromatic carbocycles. The van der Waals surface area contributed by atoms with Gasteiger partial charge < -0.3 is 24.9 Å². The van der Waals surface area contributed by atoms with Gasteiger partial charge in [-0.05, 0) is 44.0 Å². The van der Waals surface area contributed by atoms with Gasteiger partial charge in [-0.25, -0.2) is 19.6 Å². The summed E-state index contributed by atoms with van der Waals surface area (Å²) in [5.41, 5.74) is 8.10. The molecule has 210 valence electrons. The van der Waals surface area contributed by atoms with Crippen molar-refractivity contribution >= 4 is 11.8 Å². The van der Waals surface area contributed by atoms with Crippen LogP contribution in [0.4, 0.5) is 17.6 Å². The summed E-state index contributed by atoms with van der Waals surface area (Å²) in [6, 6.07) is 6.14. The quantitative estimate of drug-likeness (QED) is 0.0821. The standard InChI is InChI=1S/C25H27F4N5O5/c1-13(30)22-21(23(36)32-12-15-5-7-16(26)11-17(15)27)33-24(39-22)14-6-8-18(38-25(28)29)19(10-14)37-9-3-2-4-20(35)34-31/h5-8,10-11,13,25H,2-4,9,12,30-31H2,1H3,(H,32,36)(H,34,35)/t13-/m0/s1. The maximum atomic E-state index is 13.9. The van der Waals surface area contributed by atoms with Crippen LogP contribution in [0, 0.1) is 11.6 Å². The third-order valence-electron chi connectivity index (χ3n) is 5.36. The minimum atomic E-state index is -3.11. The van der Waals surface area contributed by atoms with Crippen molar-refractivity contribution in [3.63, 3.8) is 0 Å². The number of ether oxygens (including phenoxy) is 2. The van der Waals surface area contributed by atoms with Crippen molar-refractivity contribution in [2.24, 2.45) is 11.6 Å². The molecule has 0 aliphatic rings. The van der Waals surface area contributed by atoms with E-state index in [1.807, 2.05) is 5.43 Å². The highest BCUT2D eigenvalue weighted by Crippen LogP contribution is 2.35. The van der Waals surface area contributed by atoms with Crippen LogP contribution in [-0.2, 0) is 11.3 Å². The average Bonchev–Trinajstić information content (AvgIpc) is 3.34. The molecule has 2 amide bonds. The molecule has 0 unspecified atom stereocenters. The van der Waals surface area contributed by atoms with Gasteiger partial charge in [0.1, 0.15) is 11.6 Å². The van der Waals surface area contributed by atoms with Crippen molar-refractivity contribution < 1.29 is 41.0 Å². The van der Waals surface area contributed by atoms with E-state index in [0.717, 1.165) is 6.07 Å². The van der Waals surface area contributed by atoms with Gasteiger partial charge in [-0.15, -0.1) is 0 Å². The highest BCUT2D eigenvalue weighted by molar-refractivity contribution is 5.94. The Labute approximate surface area is 220 Å². The predicted octanol–water partition coefficient (Wildman–Crippen LogP) is 3.71. The number of rotatable bonds is 13.